The molecule has 0 spiro atoms. The van der Waals surface area contributed by atoms with Gasteiger partial charge in [-0.25, -0.2) is 4.79 Å². The van der Waals surface area contributed by atoms with Crippen LogP contribution in [0.1, 0.15) is 46.0 Å². The van der Waals surface area contributed by atoms with Crippen LogP contribution in [0.5, 0.6) is 0 Å². The number of aliphatic hydroxyl groups excluding tert-OH is 1. The minimum atomic E-state index is -0.198. The van der Waals surface area contributed by atoms with Crippen LogP contribution in [0.2, 0.25) is 0 Å². The van der Waals surface area contributed by atoms with E-state index >= 15 is 0 Å². The second-order valence-electron chi connectivity index (χ2n) is 4.48. The molecule has 0 bridgehead atoms. The summed E-state index contributed by atoms with van der Waals surface area (Å²) in [5.41, 5.74) is 1.71. The van der Waals surface area contributed by atoms with Crippen LogP contribution in [0.3, 0.4) is 0 Å². The molecule has 1 aliphatic heterocycles. The zero-order valence-corrected chi connectivity index (χ0v) is 10.7. The third-order valence-electron chi connectivity index (χ3n) is 3.10. The Morgan fingerprint density at radius 2 is 2.24 bits per heavy atom. The lowest BCUT2D eigenvalue weighted by Gasteiger charge is -2.05. The van der Waals surface area contributed by atoms with E-state index in [1.54, 1.807) is 6.92 Å². The minimum absolute atomic E-state index is 0.148. The van der Waals surface area contributed by atoms with E-state index in [-0.39, 0.29) is 12.1 Å². The van der Waals surface area contributed by atoms with Crippen molar-refractivity contribution in [3.05, 3.63) is 23.3 Å². The Bertz CT molecular complexity index is 315. The molecule has 0 unspecified atom stereocenters. The van der Waals surface area contributed by atoms with Crippen molar-refractivity contribution in [3.8, 4) is 0 Å². The van der Waals surface area contributed by atoms with Crippen molar-refractivity contribution in [2.24, 2.45) is 0 Å². The number of cyclic esters (lactones) is 1. The molecule has 1 rings (SSSR count). The summed E-state index contributed by atoms with van der Waals surface area (Å²) in [4.78, 5) is 11.1. The standard InChI is InChI=1S/C14H22O3/c1-3-13(15)9-7-5-4-6-8-12-10-17-14(16)11(12)2/h6,8,13,15H,3-5,7,9-10H2,1-2H3/b8-6+/t13-/m0/s1. The second kappa shape index (κ2) is 7.28. The van der Waals surface area contributed by atoms with Gasteiger partial charge in [-0.2, -0.15) is 0 Å². The largest absolute Gasteiger partial charge is 0.457 e. The van der Waals surface area contributed by atoms with Gasteiger partial charge in [-0.15, -0.1) is 0 Å². The summed E-state index contributed by atoms with van der Waals surface area (Å²) in [5.74, 6) is -0.198. The van der Waals surface area contributed by atoms with Gasteiger partial charge in [0.2, 0.25) is 0 Å². The summed E-state index contributed by atoms with van der Waals surface area (Å²) in [6.45, 7) is 4.21. The molecule has 0 aliphatic carbocycles. The van der Waals surface area contributed by atoms with Crippen LogP contribution in [-0.2, 0) is 9.53 Å². The zero-order chi connectivity index (χ0) is 12.7. The highest BCUT2D eigenvalue weighted by Crippen LogP contribution is 2.16. The number of allylic oxidation sites excluding steroid dienone is 1. The summed E-state index contributed by atoms with van der Waals surface area (Å²) in [5, 5.41) is 9.37. The average molecular weight is 238 g/mol. The van der Waals surface area contributed by atoms with Crippen LogP contribution in [0.15, 0.2) is 23.3 Å². The van der Waals surface area contributed by atoms with Gasteiger partial charge in [-0.3, -0.25) is 0 Å². The summed E-state index contributed by atoms with van der Waals surface area (Å²) in [7, 11) is 0. The fraction of sp³-hybridized carbons (Fsp3) is 0.643. The molecule has 0 saturated carbocycles. The molecule has 0 aromatic rings. The zero-order valence-electron chi connectivity index (χ0n) is 10.7. The Hall–Kier alpha value is -1.09. The van der Waals surface area contributed by atoms with Crippen molar-refractivity contribution in [2.45, 2.75) is 52.1 Å². The monoisotopic (exact) mass is 238 g/mol. The van der Waals surface area contributed by atoms with Gasteiger partial charge in [0.25, 0.3) is 0 Å². The van der Waals surface area contributed by atoms with Crippen LogP contribution in [0, 0.1) is 0 Å². The summed E-state index contributed by atoms with van der Waals surface area (Å²) in [6, 6.07) is 0. The smallest absolute Gasteiger partial charge is 0.334 e. The fourth-order valence-corrected chi connectivity index (χ4v) is 1.74. The molecule has 0 amide bonds. The molecule has 1 heterocycles. The van der Waals surface area contributed by atoms with E-state index in [0.717, 1.165) is 43.3 Å². The van der Waals surface area contributed by atoms with Crippen molar-refractivity contribution < 1.29 is 14.6 Å². The number of carbonyl (C=O) groups is 1. The van der Waals surface area contributed by atoms with Crippen molar-refractivity contribution in [1.82, 2.24) is 0 Å². The van der Waals surface area contributed by atoms with Gasteiger partial charge in [-0.05, 0) is 38.2 Å². The lowest BCUT2D eigenvalue weighted by Crippen LogP contribution is -2.03. The predicted molar refractivity (Wildman–Crippen MR) is 67.6 cm³/mol. The van der Waals surface area contributed by atoms with E-state index in [2.05, 4.69) is 6.08 Å². The first-order valence-corrected chi connectivity index (χ1v) is 6.36. The Kier molecular flexibility index (Phi) is 5.98. The summed E-state index contributed by atoms with van der Waals surface area (Å²) < 4.78 is 4.90. The van der Waals surface area contributed by atoms with Crippen molar-refractivity contribution >= 4 is 5.97 Å². The molecule has 0 saturated heterocycles. The maximum atomic E-state index is 11.1. The maximum absolute atomic E-state index is 11.1. The second-order valence-corrected chi connectivity index (χ2v) is 4.48. The first kappa shape index (κ1) is 14.0. The first-order chi connectivity index (χ1) is 8.15. The van der Waals surface area contributed by atoms with Gasteiger partial charge in [0.1, 0.15) is 6.61 Å². The number of carbonyl (C=O) groups excluding carboxylic acids is 1. The number of ether oxygens (including phenoxy) is 1. The molecule has 0 radical (unpaired) electrons. The fourth-order valence-electron chi connectivity index (χ4n) is 1.74. The SMILES string of the molecule is CC[C@H](O)CCCC/C=C/C1=C(C)C(=O)OC1. The third-order valence-corrected chi connectivity index (χ3v) is 3.10. The molecule has 0 fully saturated rings. The number of unbranched alkanes of at least 4 members (excludes halogenated alkanes) is 2. The molecule has 0 aromatic heterocycles. The van der Waals surface area contributed by atoms with E-state index in [1.807, 2.05) is 13.0 Å². The van der Waals surface area contributed by atoms with E-state index < -0.39 is 0 Å². The lowest BCUT2D eigenvalue weighted by atomic mass is 10.1. The van der Waals surface area contributed by atoms with Gasteiger partial charge in [0, 0.05) is 5.57 Å². The molecular weight excluding hydrogens is 216 g/mol. The predicted octanol–water partition coefficient (Wildman–Crippen LogP) is 2.75. The number of hydrogen-bond donors (Lipinski definition) is 1. The van der Waals surface area contributed by atoms with Gasteiger partial charge >= 0.3 is 5.97 Å². The minimum Gasteiger partial charge on any atom is -0.457 e. The Balaban J connectivity index is 2.17. The molecule has 96 valence electrons. The normalized spacial score (nSPS) is 17.9. The Labute approximate surface area is 103 Å². The molecule has 3 heteroatoms. The highest BCUT2D eigenvalue weighted by molar-refractivity contribution is 5.91. The number of rotatable bonds is 7. The van der Waals surface area contributed by atoms with E-state index in [9.17, 15) is 9.90 Å². The van der Waals surface area contributed by atoms with Gasteiger partial charge < -0.3 is 9.84 Å². The molecular formula is C14H22O3. The van der Waals surface area contributed by atoms with Crippen molar-refractivity contribution in [2.75, 3.05) is 6.61 Å². The topological polar surface area (TPSA) is 46.5 Å². The first-order valence-electron chi connectivity index (χ1n) is 6.36. The van der Waals surface area contributed by atoms with Crippen LogP contribution in [0.4, 0.5) is 0 Å². The number of esters is 1. The van der Waals surface area contributed by atoms with Crippen molar-refractivity contribution in [1.29, 1.82) is 0 Å². The highest BCUT2D eigenvalue weighted by Gasteiger charge is 2.17. The van der Waals surface area contributed by atoms with Crippen LogP contribution in [-0.4, -0.2) is 23.8 Å². The van der Waals surface area contributed by atoms with Crippen LogP contribution in [0.25, 0.3) is 0 Å². The number of aliphatic hydroxyl groups is 1. The van der Waals surface area contributed by atoms with E-state index in [0.29, 0.717) is 6.61 Å². The van der Waals surface area contributed by atoms with Gasteiger partial charge in [-0.1, -0.05) is 25.5 Å². The Morgan fingerprint density at radius 1 is 1.47 bits per heavy atom. The van der Waals surface area contributed by atoms with Gasteiger partial charge in [0.05, 0.1) is 6.10 Å². The highest BCUT2D eigenvalue weighted by atomic mass is 16.5. The summed E-state index contributed by atoms with van der Waals surface area (Å²) in [6.07, 6.45) is 8.75. The maximum Gasteiger partial charge on any atom is 0.334 e. The molecule has 17 heavy (non-hydrogen) atoms. The third kappa shape index (κ3) is 4.73. The molecule has 1 aliphatic rings. The molecule has 1 N–H and O–H groups in total. The lowest BCUT2D eigenvalue weighted by molar-refractivity contribution is -0.135. The van der Waals surface area contributed by atoms with E-state index in [1.165, 1.54) is 0 Å². The summed E-state index contributed by atoms with van der Waals surface area (Å²) >= 11 is 0. The van der Waals surface area contributed by atoms with Crippen LogP contribution < -0.4 is 0 Å². The van der Waals surface area contributed by atoms with Crippen LogP contribution >= 0.6 is 0 Å². The van der Waals surface area contributed by atoms with Gasteiger partial charge in [0.15, 0.2) is 0 Å². The molecule has 3 nitrogen and oxygen atoms in total. The number of hydrogen-bond acceptors (Lipinski definition) is 3. The molecule has 0 aromatic carbocycles. The van der Waals surface area contributed by atoms with Crippen molar-refractivity contribution in [3.63, 3.8) is 0 Å². The molecule has 1 atom stereocenters. The Morgan fingerprint density at radius 3 is 2.82 bits per heavy atom. The van der Waals surface area contributed by atoms with E-state index in [4.69, 9.17) is 4.74 Å². The quantitative estimate of drug-likeness (QED) is 0.548. The average Bonchev–Trinajstić information content (AvgIpc) is 2.64.